The summed E-state index contributed by atoms with van der Waals surface area (Å²) in [5.74, 6) is -0.475. The van der Waals surface area contributed by atoms with Crippen molar-refractivity contribution < 1.29 is 18.0 Å². The lowest BCUT2D eigenvalue weighted by molar-refractivity contribution is -0.137. The first-order valence-corrected chi connectivity index (χ1v) is 8.58. The van der Waals surface area contributed by atoms with E-state index in [1.807, 2.05) is 32.0 Å². The Morgan fingerprint density at radius 2 is 1.89 bits per heavy atom. The third kappa shape index (κ3) is 4.12. The lowest BCUT2D eigenvalue weighted by Crippen LogP contribution is -2.31. The molecular weight excluding hydrogens is 393 g/mol. The van der Waals surface area contributed by atoms with Gasteiger partial charge in [0, 0.05) is 12.4 Å². The zero-order chi connectivity index (χ0) is 20.5. The predicted molar refractivity (Wildman–Crippen MR) is 101 cm³/mol. The molecule has 3 rings (SSSR count). The number of aromatic nitrogens is 2. The molecule has 0 aliphatic carbocycles. The molecule has 2 N–H and O–H groups in total. The summed E-state index contributed by atoms with van der Waals surface area (Å²) in [5.41, 5.74) is 7.43. The summed E-state index contributed by atoms with van der Waals surface area (Å²) in [7, 11) is 0. The number of hydrogen-bond donors (Lipinski definition) is 2. The van der Waals surface area contributed by atoms with Gasteiger partial charge in [-0.2, -0.15) is 13.2 Å². The fourth-order valence-corrected chi connectivity index (χ4v) is 2.78. The summed E-state index contributed by atoms with van der Waals surface area (Å²) in [6, 6.07) is 9.46. The Balaban J connectivity index is 1.81. The number of rotatable bonds is 4. The van der Waals surface area contributed by atoms with Gasteiger partial charge in [0.15, 0.2) is 5.82 Å². The van der Waals surface area contributed by atoms with Gasteiger partial charge in [0.05, 0.1) is 16.3 Å². The zero-order valence-electron chi connectivity index (χ0n) is 14.9. The second kappa shape index (κ2) is 7.55. The van der Waals surface area contributed by atoms with E-state index in [2.05, 4.69) is 15.8 Å². The maximum absolute atomic E-state index is 12.8. The molecule has 2 aromatic heterocycles. The summed E-state index contributed by atoms with van der Waals surface area (Å²) in [5, 5.41) is -0.220. The highest BCUT2D eigenvalue weighted by Gasteiger charge is 2.32. The van der Waals surface area contributed by atoms with Gasteiger partial charge in [-0.05, 0) is 55.3 Å². The van der Waals surface area contributed by atoms with Crippen LogP contribution < -0.4 is 10.9 Å². The molecule has 0 atom stereocenters. The minimum atomic E-state index is -4.55. The van der Waals surface area contributed by atoms with Gasteiger partial charge in [0.1, 0.15) is 5.69 Å². The molecule has 0 radical (unpaired) electrons. The fourth-order valence-electron chi connectivity index (χ4n) is 2.53. The van der Waals surface area contributed by atoms with Crippen LogP contribution in [0.2, 0.25) is 5.02 Å². The number of halogens is 4. The number of pyridine rings is 1. The quantitative estimate of drug-likeness (QED) is 0.602. The van der Waals surface area contributed by atoms with Gasteiger partial charge in [0.25, 0.3) is 5.91 Å². The molecule has 0 aliphatic heterocycles. The van der Waals surface area contributed by atoms with Crippen LogP contribution in [0.25, 0.3) is 5.82 Å². The van der Waals surface area contributed by atoms with Crippen molar-refractivity contribution >= 4 is 23.2 Å². The number of carbonyl (C=O) groups is 1. The largest absolute Gasteiger partial charge is 0.417 e. The molecule has 0 saturated heterocycles. The third-order valence-corrected chi connectivity index (χ3v) is 4.46. The molecular formula is C19H16ClF3N4O. The Bertz CT molecular complexity index is 1030. The van der Waals surface area contributed by atoms with E-state index < -0.39 is 17.6 Å². The Hall–Kier alpha value is -3.00. The third-order valence-electron chi connectivity index (χ3n) is 4.19. The normalized spacial score (nSPS) is 11.4. The van der Waals surface area contributed by atoms with Crippen LogP contribution >= 0.6 is 11.6 Å². The Morgan fingerprint density at radius 3 is 2.54 bits per heavy atom. The van der Waals surface area contributed by atoms with Gasteiger partial charge in [-0.15, -0.1) is 0 Å². The number of amides is 1. The summed E-state index contributed by atoms with van der Waals surface area (Å²) in [6.45, 7) is 3.93. The van der Waals surface area contributed by atoms with Gasteiger partial charge in [-0.3, -0.25) is 20.2 Å². The number of hydrazine groups is 1. The topological polar surface area (TPSA) is 58.9 Å². The van der Waals surface area contributed by atoms with Crippen molar-refractivity contribution in [3.8, 4) is 5.82 Å². The van der Waals surface area contributed by atoms with E-state index >= 15 is 0 Å². The average molecular weight is 409 g/mol. The van der Waals surface area contributed by atoms with Crippen LogP contribution in [0, 0.1) is 13.8 Å². The first-order chi connectivity index (χ1) is 13.2. The fraction of sp³-hybridized carbons (Fsp3) is 0.158. The molecule has 0 fully saturated rings. The molecule has 0 saturated carbocycles. The number of alkyl halides is 3. The molecule has 28 heavy (non-hydrogen) atoms. The molecule has 9 heteroatoms. The van der Waals surface area contributed by atoms with E-state index in [9.17, 15) is 18.0 Å². The summed E-state index contributed by atoms with van der Waals surface area (Å²) in [4.78, 5) is 16.3. The van der Waals surface area contributed by atoms with E-state index in [0.29, 0.717) is 11.9 Å². The maximum Gasteiger partial charge on any atom is 0.417 e. The smallest absolute Gasteiger partial charge is 0.298 e. The number of benzene rings is 1. The molecule has 0 bridgehead atoms. The molecule has 5 nitrogen and oxygen atoms in total. The lowest BCUT2D eigenvalue weighted by Gasteiger charge is -2.14. The van der Waals surface area contributed by atoms with Crippen molar-refractivity contribution in [3.63, 3.8) is 0 Å². The Kier molecular flexibility index (Phi) is 5.33. The molecule has 2 heterocycles. The lowest BCUT2D eigenvalue weighted by atomic mass is 10.1. The molecule has 146 valence electrons. The minimum absolute atomic E-state index is 0.0241. The highest BCUT2D eigenvalue weighted by atomic mass is 35.5. The molecule has 3 aromatic rings. The van der Waals surface area contributed by atoms with Crippen LogP contribution in [0.5, 0.6) is 0 Å². The molecule has 0 aliphatic rings. The van der Waals surface area contributed by atoms with Crippen LogP contribution in [-0.2, 0) is 6.18 Å². The molecule has 1 aromatic carbocycles. The van der Waals surface area contributed by atoms with Crippen molar-refractivity contribution in [2.24, 2.45) is 0 Å². The van der Waals surface area contributed by atoms with E-state index in [-0.39, 0.29) is 16.5 Å². The monoisotopic (exact) mass is 408 g/mol. The first kappa shape index (κ1) is 19.8. The Morgan fingerprint density at radius 1 is 1.14 bits per heavy atom. The number of nitrogens with zero attached hydrogens (tertiary/aromatic N) is 2. The van der Waals surface area contributed by atoms with E-state index in [4.69, 9.17) is 11.6 Å². The highest BCUT2D eigenvalue weighted by molar-refractivity contribution is 6.32. The van der Waals surface area contributed by atoms with Crippen LogP contribution in [0.4, 0.5) is 18.9 Å². The first-order valence-electron chi connectivity index (χ1n) is 8.21. The predicted octanol–water partition coefficient (Wildman–Crippen LogP) is 4.92. The van der Waals surface area contributed by atoms with Crippen molar-refractivity contribution in [2.75, 3.05) is 5.43 Å². The van der Waals surface area contributed by atoms with Gasteiger partial charge in [-0.25, -0.2) is 4.98 Å². The number of aryl methyl sites for hydroxylation is 2. The van der Waals surface area contributed by atoms with Crippen LogP contribution in [-0.4, -0.2) is 15.5 Å². The SMILES string of the molecule is Cc1ccc(NNC(=O)c2cccn2-c2ncc(C(F)(F)F)cc2Cl)cc1C. The van der Waals surface area contributed by atoms with Gasteiger partial charge in [0.2, 0.25) is 0 Å². The van der Waals surface area contributed by atoms with Crippen LogP contribution in [0.1, 0.15) is 27.2 Å². The van der Waals surface area contributed by atoms with Gasteiger partial charge < -0.3 is 0 Å². The second-order valence-corrected chi connectivity index (χ2v) is 6.58. The Labute approximate surface area is 164 Å². The zero-order valence-corrected chi connectivity index (χ0v) is 15.7. The number of nitrogens with one attached hydrogen (secondary N) is 2. The maximum atomic E-state index is 12.8. The average Bonchev–Trinajstić information content (AvgIpc) is 3.11. The number of carbonyl (C=O) groups excluding carboxylic acids is 1. The van der Waals surface area contributed by atoms with Crippen molar-refractivity contribution in [1.29, 1.82) is 0 Å². The van der Waals surface area contributed by atoms with Crippen molar-refractivity contribution in [3.05, 3.63) is 76.2 Å². The molecule has 0 spiro atoms. The number of anilines is 1. The number of hydrogen-bond acceptors (Lipinski definition) is 3. The second-order valence-electron chi connectivity index (χ2n) is 6.17. The van der Waals surface area contributed by atoms with Gasteiger partial charge in [-0.1, -0.05) is 17.7 Å². The minimum Gasteiger partial charge on any atom is -0.298 e. The highest BCUT2D eigenvalue weighted by Crippen LogP contribution is 2.32. The van der Waals surface area contributed by atoms with Crippen molar-refractivity contribution in [1.82, 2.24) is 15.0 Å². The summed E-state index contributed by atoms with van der Waals surface area (Å²) < 4.78 is 39.7. The summed E-state index contributed by atoms with van der Waals surface area (Å²) in [6.07, 6.45) is -2.38. The van der Waals surface area contributed by atoms with E-state index in [0.717, 1.165) is 17.2 Å². The van der Waals surface area contributed by atoms with Crippen LogP contribution in [0.15, 0.2) is 48.8 Å². The van der Waals surface area contributed by atoms with Gasteiger partial charge >= 0.3 is 6.18 Å². The standard InChI is InChI=1S/C19H16ClF3N4O/c1-11-5-6-14(8-12(11)2)25-26-18(28)16-4-3-7-27(16)17-15(20)9-13(10-24-17)19(21,22)23/h3-10,25H,1-2H3,(H,26,28). The summed E-state index contributed by atoms with van der Waals surface area (Å²) >= 11 is 5.98. The molecule has 1 amide bonds. The molecule has 0 unspecified atom stereocenters. The van der Waals surface area contributed by atoms with Crippen LogP contribution in [0.3, 0.4) is 0 Å². The van der Waals surface area contributed by atoms with E-state index in [1.165, 1.54) is 16.8 Å². The van der Waals surface area contributed by atoms with E-state index in [1.54, 1.807) is 6.07 Å². The van der Waals surface area contributed by atoms with Crippen molar-refractivity contribution in [2.45, 2.75) is 20.0 Å².